The molecule has 0 saturated carbocycles. The Morgan fingerprint density at radius 2 is 2.26 bits per heavy atom. The Hall–Kier alpha value is -2.02. The Bertz CT molecular complexity index is 602. The van der Waals surface area contributed by atoms with Crippen LogP contribution >= 0.6 is 11.6 Å². The van der Waals surface area contributed by atoms with Crippen LogP contribution in [0.4, 0.5) is 10.1 Å². The number of non-ortho nitro benzene ring substituents is 1. The zero-order valence-corrected chi connectivity index (χ0v) is 10.5. The van der Waals surface area contributed by atoms with Crippen molar-refractivity contribution in [3.63, 3.8) is 0 Å². The summed E-state index contributed by atoms with van der Waals surface area (Å²) in [4.78, 5) is 9.86. The predicted molar refractivity (Wildman–Crippen MR) is 67.0 cm³/mol. The highest BCUT2D eigenvalue weighted by Crippen LogP contribution is 2.19. The lowest BCUT2D eigenvalue weighted by molar-refractivity contribution is -0.385. The summed E-state index contributed by atoms with van der Waals surface area (Å²) < 4.78 is 15.0. The Labute approximate surface area is 113 Å². The van der Waals surface area contributed by atoms with Gasteiger partial charge in [-0.2, -0.15) is 0 Å². The third-order valence-electron chi connectivity index (χ3n) is 2.50. The van der Waals surface area contributed by atoms with Gasteiger partial charge < -0.3 is 0 Å². The van der Waals surface area contributed by atoms with Crippen molar-refractivity contribution < 1.29 is 9.31 Å². The van der Waals surface area contributed by atoms with Crippen LogP contribution in [0.25, 0.3) is 5.69 Å². The van der Waals surface area contributed by atoms with Crippen LogP contribution < -0.4 is 0 Å². The number of nitro groups is 1. The van der Waals surface area contributed by atoms with Gasteiger partial charge in [0.25, 0.3) is 5.69 Å². The summed E-state index contributed by atoms with van der Waals surface area (Å²) in [7, 11) is 0. The second kappa shape index (κ2) is 5.75. The number of aryl methyl sites for hydroxylation is 1. The summed E-state index contributed by atoms with van der Waals surface area (Å²) in [5.74, 6) is -0.207. The quantitative estimate of drug-likeness (QED) is 0.480. The van der Waals surface area contributed by atoms with E-state index in [0.717, 1.165) is 12.5 Å². The van der Waals surface area contributed by atoms with Crippen molar-refractivity contribution in [2.45, 2.75) is 12.8 Å². The van der Waals surface area contributed by atoms with E-state index in [1.54, 1.807) is 6.20 Å². The summed E-state index contributed by atoms with van der Waals surface area (Å²) in [5.41, 5.74) is 0.511. The van der Waals surface area contributed by atoms with E-state index in [9.17, 15) is 14.5 Å². The van der Waals surface area contributed by atoms with Gasteiger partial charge in [0.15, 0.2) is 5.82 Å². The van der Waals surface area contributed by atoms with Crippen LogP contribution in [0.1, 0.15) is 12.1 Å². The average Bonchev–Trinajstić information content (AvgIpc) is 2.84. The van der Waals surface area contributed by atoms with Crippen molar-refractivity contribution in [3.8, 4) is 5.69 Å². The fourth-order valence-electron chi connectivity index (χ4n) is 1.57. The molecule has 8 heteroatoms. The lowest BCUT2D eigenvalue weighted by atomic mass is 10.2. The first-order valence-electron chi connectivity index (χ1n) is 5.53. The number of aromatic nitrogens is 3. The van der Waals surface area contributed by atoms with Crippen molar-refractivity contribution in [1.29, 1.82) is 0 Å². The van der Waals surface area contributed by atoms with Crippen molar-refractivity contribution in [1.82, 2.24) is 15.0 Å². The number of halogens is 2. The minimum absolute atomic E-state index is 0.121. The Morgan fingerprint density at radius 1 is 1.47 bits per heavy atom. The van der Waals surface area contributed by atoms with Gasteiger partial charge in [-0.25, -0.2) is 9.07 Å². The maximum absolute atomic E-state index is 13.7. The highest BCUT2D eigenvalue weighted by atomic mass is 35.5. The molecule has 19 heavy (non-hydrogen) atoms. The lowest BCUT2D eigenvalue weighted by Gasteiger charge is -2.01. The molecule has 0 amide bonds. The van der Waals surface area contributed by atoms with Crippen molar-refractivity contribution in [2.24, 2.45) is 0 Å². The number of rotatable bonds is 5. The molecule has 6 nitrogen and oxygen atoms in total. The summed E-state index contributed by atoms with van der Waals surface area (Å²) in [6, 6.07) is 3.38. The first-order chi connectivity index (χ1) is 9.11. The van der Waals surface area contributed by atoms with Gasteiger partial charge in [-0.1, -0.05) is 5.21 Å². The maximum Gasteiger partial charge on any atom is 0.272 e. The summed E-state index contributed by atoms with van der Waals surface area (Å²) >= 11 is 5.57. The van der Waals surface area contributed by atoms with Crippen LogP contribution in [0.3, 0.4) is 0 Å². The Kier molecular flexibility index (Phi) is 4.06. The fourth-order valence-corrected chi connectivity index (χ4v) is 1.71. The van der Waals surface area contributed by atoms with Crippen LogP contribution in [0.5, 0.6) is 0 Å². The van der Waals surface area contributed by atoms with Crippen molar-refractivity contribution >= 4 is 17.3 Å². The molecular formula is C11H10ClFN4O2. The predicted octanol–water partition coefficient (Wildman–Crippen LogP) is 2.49. The molecule has 0 fully saturated rings. The maximum atomic E-state index is 13.7. The number of benzene rings is 1. The van der Waals surface area contributed by atoms with E-state index in [1.165, 1.54) is 16.8 Å². The topological polar surface area (TPSA) is 73.8 Å². The summed E-state index contributed by atoms with van der Waals surface area (Å²) in [6.45, 7) is 0. The van der Waals surface area contributed by atoms with E-state index in [0.29, 0.717) is 18.0 Å². The molecule has 0 saturated heterocycles. The molecule has 0 radical (unpaired) electrons. The molecular weight excluding hydrogens is 275 g/mol. The molecule has 0 unspecified atom stereocenters. The average molecular weight is 285 g/mol. The van der Waals surface area contributed by atoms with E-state index in [4.69, 9.17) is 11.6 Å². The zero-order valence-electron chi connectivity index (χ0n) is 9.79. The van der Waals surface area contributed by atoms with E-state index in [2.05, 4.69) is 10.3 Å². The van der Waals surface area contributed by atoms with Crippen molar-refractivity contribution in [2.75, 3.05) is 5.88 Å². The number of hydrogen-bond acceptors (Lipinski definition) is 4. The molecule has 1 heterocycles. The highest BCUT2D eigenvalue weighted by Gasteiger charge is 2.13. The zero-order chi connectivity index (χ0) is 13.8. The minimum atomic E-state index is -0.719. The summed E-state index contributed by atoms with van der Waals surface area (Å²) in [6.07, 6.45) is 2.98. The molecule has 0 aliphatic carbocycles. The first kappa shape index (κ1) is 13.4. The molecule has 100 valence electrons. The largest absolute Gasteiger partial charge is 0.272 e. The van der Waals surface area contributed by atoms with E-state index in [1.807, 2.05) is 0 Å². The molecule has 0 spiro atoms. The molecule has 0 N–H and O–H groups in total. The molecule has 0 bridgehead atoms. The standard InChI is InChI=1S/C11H10ClFN4O2/c12-5-1-2-8-7-16(15-14-8)11-4-3-9(17(18)19)6-10(11)13/h3-4,6-7H,1-2,5H2. The minimum Gasteiger partial charge on any atom is -0.258 e. The third kappa shape index (κ3) is 3.05. The number of nitrogens with zero attached hydrogens (tertiary/aromatic N) is 4. The van der Waals surface area contributed by atoms with Gasteiger partial charge in [0, 0.05) is 11.9 Å². The second-order valence-electron chi connectivity index (χ2n) is 3.84. The number of alkyl halides is 1. The molecule has 0 atom stereocenters. The summed E-state index contributed by atoms with van der Waals surface area (Å²) in [5, 5.41) is 18.2. The van der Waals surface area contributed by atoms with Crippen LogP contribution in [-0.4, -0.2) is 25.8 Å². The molecule has 0 aliphatic heterocycles. The number of hydrogen-bond donors (Lipinski definition) is 0. The smallest absolute Gasteiger partial charge is 0.258 e. The highest BCUT2D eigenvalue weighted by molar-refractivity contribution is 6.17. The molecule has 0 aliphatic rings. The first-order valence-corrected chi connectivity index (χ1v) is 6.07. The Morgan fingerprint density at radius 3 is 2.89 bits per heavy atom. The fraction of sp³-hybridized carbons (Fsp3) is 0.273. The molecule has 2 rings (SSSR count). The normalized spacial score (nSPS) is 10.6. The van der Waals surface area contributed by atoms with Crippen LogP contribution in [0.2, 0.25) is 0 Å². The SMILES string of the molecule is O=[N+]([O-])c1ccc(-n2cc(CCCCl)nn2)c(F)c1. The van der Waals surface area contributed by atoms with Crippen LogP contribution in [-0.2, 0) is 6.42 Å². The third-order valence-corrected chi connectivity index (χ3v) is 2.76. The molecule has 2 aromatic rings. The van der Waals surface area contributed by atoms with Gasteiger partial charge in [0.05, 0.1) is 22.9 Å². The molecule has 1 aromatic carbocycles. The van der Waals surface area contributed by atoms with E-state index < -0.39 is 10.7 Å². The van der Waals surface area contributed by atoms with Gasteiger partial charge in [0.2, 0.25) is 0 Å². The second-order valence-corrected chi connectivity index (χ2v) is 4.22. The van der Waals surface area contributed by atoms with Crippen LogP contribution in [0, 0.1) is 15.9 Å². The van der Waals surface area contributed by atoms with Gasteiger partial charge >= 0.3 is 0 Å². The van der Waals surface area contributed by atoms with Gasteiger partial charge in [-0.15, -0.1) is 16.7 Å². The van der Waals surface area contributed by atoms with E-state index >= 15 is 0 Å². The van der Waals surface area contributed by atoms with Crippen LogP contribution in [0.15, 0.2) is 24.4 Å². The monoisotopic (exact) mass is 284 g/mol. The number of nitro benzene ring substituents is 1. The van der Waals surface area contributed by atoms with Crippen molar-refractivity contribution in [3.05, 3.63) is 46.0 Å². The van der Waals surface area contributed by atoms with Gasteiger partial charge in [0.1, 0.15) is 5.69 Å². The van der Waals surface area contributed by atoms with E-state index in [-0.39, 0.29) is 11.4 Å². The van der Waals surface area contributed by atoms with Gasteiger partial charge in [-0.3, -0.25) is 10.1 Å². The molecule has 1 aromatic heterocycles. The van der Waals surface area contributed by atoms with Gasteiger partial charge in [-0.05, 0) is 18.9 Å². The lowest BCUT2D eigenvalue weighted by Crippen LogP contribution is -1.99. The Balaban J connectivity index is 2.26.